The summed E-state index contributed by atoms with van der Waals surface area (Å²) >= 11 is 11.7. The van der Waals surface area contributed by atoms with Gasteiger partial charge in [-0.05, 0) is 17.7 Å². The Morgan fingerprint density at radius 1 is 1.30 bits per heavy atom. The van der Waals surface area contributed by atoms with Gasteiger partial charge in [0.2, 0.25) is 11.8 Å². The van der Waals surface area contributed by atoms with Crippen molar-refractivity contribution in [2.75, 3.05) is 5.32 Å². The molecule has 20 heavy (non-hydrogen) atoms. The summed E-state index contributed by atoms with van der Waals surface area (Å²) in [6.45, 7) is 0.350. The van der Waals surface area contributed by atoms with Gasteiger partial charge in [-0.3, -0.25) is 0 Å². The standard InChI is InChI=1S/C12H9Cl2N3O3/c13-8-2-1-6(3-9(8)14)4-15-12-16-5-7(11(19)20)10(18)17-12/h1-3,5H,4H2,(H,19,20)(H2,15,16,17,18). The van der Waals surface area contributed by atoms with Crippen molar-refractivity contribution in [1.82, 2.24) is 9.97 Å². The predicted octanol–water partition coefficient (Wildman–Crippen LogP) is 2.80. The van der Waals surface area contributed by atoms with Crippen molar-refractivity contribution in [3.63, 3.8) is 0 Å². The molecule has 0 unspecified atom stereocenters. The minimum atomic E-state index is -1.29. The Balaban J connectivity index is 2.09. The number of anilines is 1. The van der Waals surface area contributed by atoms with Crippen LogP contribution in [0.2, 0.25) is 10.0 Å². The van der Waals surface area contributed by atoms with E-state index in [1.807, 2.05) is 0 Å². The zero-order valence-electron chi connectivity index (χ0n) is 9.97. The third-order valence-corrected chi connectivity index (χ3v) is 3.17. The summed E-state index contributed by atoms with van der Waals surface area (Å²) in [5, 5.41) is 21.9. The maximum absolute atomic E-state index is 10.7. The fraction of sp³-hybridized carbons (Fsp3) is 0.0833. The lowest BCUT2D eigenvalue weighted by molar-refractivity contribution is 0.0692. The first kappa shape index (κ1) is 14.4. The van der Waals surface area contributed by atoms with Crippen LogP contribution >= 0.6 is 23.2 Å². The van der Waals surface area contributed by atoms with E-state index in [0.717, 1.165) is 11.8 Å². The molecule has 6 nitrogen and oxygen atoms in total. The molecule has 3 N–H and O–H groups in total. The minimum Gasteiger partial charge on any atom is -0.493 e. The smallest absolute Gasteiger partial charge is 0.342 e. The quantitative estimate of drug-likeness (QED) is 0.803. The number of aromatic hydroxyl groups is 1. The number of carboxylic acids is 1. The maximum atomic E-state index is 10.7. The summed E-state index contributed by atoms with van der Waals surface area (Å²) in [5.74, 6) is -1.78. The number of aromatic nitrogens is 2. The predicted molar refractivity (Wildman–Crippen MR) is 74.4 cm³/mol. The van der Waals surface area contributed by atoms with E-state index in [9.17, 15) is 9.90 Å². The highest BCUT2D eigenvalue weighted by molar-refractivity contribution is 6.42. The molecular weight excluding hydrogens is 305 g/mol. The molecule has 1 heterocycles. The van der Waals surface area contributed by atoms with Gasteiger partial charge in [-0.25, -0.2) is 9.78 Å². The molecule has 2 aromatic rings. The lowest BCUT2D eigenvalue weighted by Crippen LogP contribution is -2.06. The van der Waals surface area contributed by atoms with Crippen molar-refractivity contribution in [1.29, 1.82) is 0 Å². The van der Waals surface area contributed by atoms with Crippen LogP contribution in [0, 0.1) is 0 Å². The summed E-state index contributed by atoms with van der Waals surface area (Å²) in [4.78, 5) is 18.1. The molecule has 0 atom stereocenters. The number of nitrogens with one attached hydrogen (secondary N) is 1. The molecule has 0 bridgehead atoms. The van der Waals surface area contributed by atoms with Gasteiger partial charge in [-0.1, -0.05) is 29.3 Å². The van der Waals surface area contributed by atoms with E-state index in [0.29, 0.717) is 16.6 Å². The zero-order chi connectivity index (χ0) is 14.7. The van der Waals surface area contributed by atoms with Gasteiger partial charge in [0.25, 0.3) is 0 Å². The highest BCUT2D eigenvalue weighted by Gasteiger charge is 2.12. The molecule has 1 aromatic heterocycles. The average molecular weight is 314 g/mol. The number of carbonyl (C=O) groups is 1. The minimum absolute atomic E-state index is 0.110. The monoisotopic (exact) mass is 313 g/mol. The largest absolute Gasteiger partial charge is 0.493 e. The first-order valence-electron chi connectivity index (χ1n) is 5.44. The molecular formula is C12H9Cl2N3O3. The molecule has 8 heteroatoms. The van der Waals surface area contributed by atoms with Crippen molar-refractivity contribution in [3.05, 3.63) is 45.6 Å². The number of rotatable bonds is 4. The van der Waals surface area contributed by atoms with E-state index in [-0.39, 0.29) is 11.5 Å². The van der Waals surface area contributed by atoms with Gasteiger partial charge in [0.05, 0.1) is 16.2 Å². The SMILES string of the molecule is O=C(O)c1cnc(NCc2ccc(Cl)c(Cl)c2)nc1O. The summed E-state index contributed by atoms with van der Waals surface area (Å²) in [6, 6.07) is 5.11. The summed E-state index contributed by atoms with van der Waals surface area (Å²) < 4.78 is 0. The summed E-state index contributed by atoms with van der Waals surface area (Å²) in [5.41, 5.74) is 0.481. The lowest BCUT2D eigenvalue weighted by Gasteiger charge is -2.07. The third-order valence-electron chi connectivity index (χ3n) is 2.43. The van der Waals surface area contributed by atoms with Crippen LogP contribution in [0.15, 0.2) is 24.4 Å². The van der Waals surface area contributed by atoms with E-state index < -0.39 is 11.8 Å². The number of hydrogen-bond donors (Lipinski definition) is 3. The van der Waals surface area contributed by atoms with Crippen molar-refractivity contribution in [2.24, 2.45) is 0 Å². The molecule has 2 rings (SSSR count). The number of halogens is 2. The van der Waals surface area contributed by atoms with Gasteiger partial charge >= 0.3 is 5.97 Å². The molecule has 0 fully saturated rings. The zero-order valence-corrected chi connectivity index (χ0v) is 11.5. The Morgan fingerprint density at radius 2 is 2.05 bits per heavy atom. The Labute approximate surface area is 124 Å². The normalized spacial score (nSPS) is 10.3. The molecule has 1 aromatic carbocycles. The van der Waals surface area contributed by atoms with E-state index >= 15 is 0 Å². The second-order valence-electron chi connectivity index (χ2n) is 3.84. The van der Waals surface area contributed by atoms with Crippen molar-refractivity contribution in [3.8, 4) is 5.88 Å². The average Bonchev–Trinajstić information content (AvgIpc) is 2.40. The van der Waals surface area contributed by atoms with Gasteiger partial charge in [0.1, 0.15) is 5.56 Å². The van der Waals surface area contributed by atoms with Gasteiger partial charge in [0.15, 0.2) is 0 Å². The number of aromatic carboxylic acids is 1. The topological polar surface area (TPSA) is 95.3 Å². The molecule has 0 spiro atoms. The third kappa shape index (κ3) is 3.28. The van der Waals surface area contributed by atoms with E-state index in [1.165, 1.54) is 0 Å². The summed E-state index contributed by atoms with van der Waals surface area (Å²) in [7, 11) is 0. The van der Waals surface area contributed by atoms with Gasteiger partial charge in [0, 0.05) is 6.54 Å². The van der Waals surface area contributed by atoms with E-state index in [1.54, 1.807) is 18.2 Å². The van der Waals surface area contributed by atoms with Gasteiger partial charge < -0.3 is 15.5 Å². The molecule has 0 saturated carbocycles. The van der Waals surface area contributed by atoms with Crippen LogP contribution in [0.4, 0.5) is 5.95 Å². The van der Waals surface area contributed by atoms with Crippen molar-refractivity contribution in [2.45, 2.75) is 6.54 Å². The van der Waals surface area contributed by atoms with Crippen LogP contribution in [0.3, 0.4) is 0 Å². The molecule has 0 amide bonds. The van der Waals surface area contributed by atoms with Crippen LogP contribution in [-0.4, -0.2) is 26.2 Å². The second-order valence-corrected chi connectivity index (χ2v) is 4.65. The van der Waals surface area contributed by atoms with Crippen molar-refractivity contribution >= 4 is 35.1 Å². The van der Waals surface area contributed by atoms with Gasteiger partial charge in [-0.15, -0.1) is 0 Å². The van der Waals surface area contributed by atoms with Crippen LogP contribution in [-0.2, 0) is 6.54 Å². The Hall–Kier alpha value is -2.05. The maximum Gasteiger partial charge on any atom is 0.342 e. The molecule has 0 aliphatic carbocycles. The molecule has 104 valence electrons. The molecule has 0 aliphatic heterocycles. The van der Waals surface area contributed by atoms with Crippen LogP contribution in [0.25, 0.3) is 0 Å². The number of hydrogen-bond acceptors (Lipinski definition) is 5. The fourth-order valence-corrected chi connectivity index (χ4v) is 1.76. The first-order chi connectivity index (χ1) is 9.47. The molecule has 0 aliphatic rings. The van der Waals surface area contributed by atoms with E-state index in [2.05, 4.69) is 15.3 Å². The Morgan fingerprint density at radius 3 is 2.65 bits per heavy atom. The number of carboxylic acid groups (broad SMARTS) is 1. The van der Waals surface area contributed by atoms with Gasteiger partial charge in [-0.2, -0.15) is 4.98 Å². The van der Waals surface area contributed by atoms with Crippen LogP contribution in [0.1, 0.15) is 15.9 Å². The molecule has 0 radical (unpaired) electrons. The highest BCUT2D eigenvalue weighted by atomic mass is 35.5. The Kier molecular flexibility index (Phi) is 4.26. The summed E-state index contributed by atoms with van der Waals surface area (Å²) in [6.07, 6.45) is 1.03. The molecule has 0 saturated heterocycles. The number of benzene rings is 1. The van der Waals surface area contributed by atoms with E-state index in [4.69, 9.17) is 28.3 Å². The first-order valence-corrected chi connectivity index (χ1v) is 6.20. The highest BCUT2D eigenvalue weighted by Crippen LogP contribution is 2.23. The van der Waals surface area contributed by atoms with Crippen molar-refractivity contribution < 1.29 is 15.0 Å². The second kappa shape index (κ2) is 5.94. The Bertz CT molecular complexity index is 664. The fourth-order valence-electron chi connectivity index (χ4n) is 1.44. The van der Waals surface area contributed by atoms with Crippen LogP contribution in [0.5, 0.6) is 5.88 Å². The van der Waals surface area contributed by atoms with Crippen LogP contribution < -0.4 is 5.32 Å². The lowest BCUT2D eigenvalue weighted by atomic mass is 10.2. The number of nitrogens with zero attached hydrogens (tertiary/aromatic N) is 2.